The Morgan fingerprint density at radius 1 is 1.50 bits per heavy atom. The van der Waals surface area contributed by atoms with Crippen LogP contribution in [0.15, 0.2) is 4.99 Å². The molecule has 12 heavy (non-hydrogen) atoms. The molecule has 0 heterocycles. The van der Waals surface area contributed by atoms with E-state index in [2.05, 4.69) is 18.3 Å². The molecule has 0 aromatic heterocycles. The van der Waals surface area contributed by atoms with Crippen LogP contribution < -0.4 is 0 Å². The molecule has 0 spiro atoms. The van der Waals surface area contributed by atoms with Gasteiger partial charge in [0.15, 0.2) is 0 Å². The standard InChI is InChI=1S/C10H16NO/c1-2-5-9-6-3-4-7-10(9)11-8-12/h5,9-10H,2-4,6-7H2,1H3. The largest absolute Gasteiger partial charge is 0.235 e. The lowest BCUT2D eigenvalue weighted by Crippen LogP contribution is -2.23. The summed E-state index contributed by atoms with van der Waals surface area (Å²) >= 11 is 0. The SMILES string of the molecule is CC[CH]C1CCCCC1N=C=O. The second-order valence-electron chi connectivity index (χ2n) is 3.38. The molecule has 67 valence electrons. The van der Waals surface area contributed by atoms with Crippen LogP contribution >= 0.6 is 0 Å². The number of hydrogen-bond acceptors (Lipinski definition) is 2. The van der Waals surface area contributed by atoms with Gasteiger partial charge in [0.25, 0.3) is 0 Å². The molecule has 2 atom stereocenters. The van der Waals surface area contributed by atoms with Gasteiger partial charge in [0.1, 0.15) is 0 Å². The van der Waals surface area contributed by atoms with Crippen LogP contribution in [0.5, 0.6) is 0 Å². The lowest BCUT2D eigenvalue weighted by Gasteiger charge is -2.26. The number of isocyanates is 1. The summed E-state index contributed by atoms with van der Waals surface area (Å²) < 4.78 is 0. The summed E-state index contributed by atoms with van der Waals surface area (Å²) in [5.41, 5.74) is 0. The Morgan fingerprint density at radius 3 is 2.92 bits per heavy atom. The average molecular weight is 166 g/mol. The summed E-state index contributed by atoms with van der Waals surface area (Å²) in [7, 11) is 0. The lowest BCUT2D eigenvalue weighted by atomic mass is 9.82. The molecular weight excluding hydrogens is 150 g/mol. The van der Waals surface area contributed by atoms with Gasteiger partial charge < -0.3 is 0 Å². The summed E-state index contributed by atoms with van der Waals surface area (Å²) in [6.45, 7) is 2.14. The second-order valence-corrected chi connectivity index (χ2v) is 3.38. The monoisotopic (exact) mass is 166 g/mol. The fourth-order valence-electron chi connectivity index (χ4n) is 1.95. The first-order valence-corrected chi connectivity index (χ1v) is 4.78. The van der Waals surface area contributed by atoms with Crippen molar-refractivity contribution in [3.63, 3.8) is 0 Å². The van der Waals surface area contributed by atoms with Gasteiger partial charge in [0.2, 0.25) is 6.08 Å². The fraction of sp³-hybridized carbons (Fsp3) is 0.800. The van der Waals surface area contributed by atoms with E-state index in [1.54, 1.807) is 6.08 Å². The molecule has 0 saturated heterocycles. The first-order chi connectivity index (χ1) is 5.88. The molecule has 1 aliphatic carbocycles. The van der Waals surface area contributed by atoms with E-state index in [0.29, 0.717) is 5.92 Å². The van der Waals surface area contributed by atoms with Gasteiger partial charge in [-0.25, -0.2) is 9.79 Å². The van der Waals surface area contributed by atoms with Gasteiger partial charge in [-0.3, -0.25) is 0 Å². The molecule has 2 nitrogen and oxygen atoms in total. The Hall–Kier alpha value is -0.620. The third-order valence-corrected chi connectivity index (χ3v) is 2.54. The van der Waals surface area contributed by atoms with E-state index in [1.165, 1.54) is 19.3 Å². The molecule has 2 unspecified atom stereocenters. The third kappa shape index (κ3) is 2.46. The minimum Gasteiger partial charge on any atom is -0.211 e. The third-order valence-electron chi connectivity index (χ3n) is 2.54. The minimum absolute atomic E-state index is 0.233. The molecule has 0 aromatic carbocycles. The molecule has 0 bridgehead atoms. The Kier molecular flexibility index (Phi) is 4.02. The quantitative estimate of drug-likeness (QED) is 0.468. The molecule has 1 radical (unpaired) electrons. The van der Waals surface area contributed by atoms with Crippen LogP contribution in [-0.2, 0) is 4.79 Å². The van der Waals surface area contributed by atoms with Gasteiger partial charge in [-0.15, -0.1) is 0 Å². The van der Waals surface area contributed by atoms with Crippen molar-refractivity contribution in [2.24, 2.45) is 10.9 Å². The number of carbonyl (C=O) groups excluding carboxylic acids is 1. The van der Waals surface area contributed by atoms with Crippen LogP contribution in [0.3, 0.4) is 0 Å². The highest BCUT2D eigenvalue weighted by Gasteiger charge is 2.23. The first-order valence-electron chi connectivity index (χ1n) is 4.78. The van der Waals surface area contributed by atoms with Crippen molar-refractivity contribution in [3.05, 3.63) is 6.42 Å². The van der Waals surface area contributed by atoms with Gasteiger partial charge in [-0.1, -0.05) is 26.2 Å². The molecule has 1 fully saturated rings. The van der Waals surface area contributed by atoms with Crippen molar-refractivity contribution < 1.29 is 4.79 Å². The molecular formula is C10H16NO. The Balaban J connectivity index is 2.47. The maximum atomic E-state index is 10.1. The van der Waals surface area contributed by atoms with E-state index >= 15 is 0 Å². The second kappa shape index (κ2) is 5.10. The fourth-order valence-corrected chi connectivity index (χ4v) is 1.95. The van der Waals surface area contributed by atoms with E-state index in [4.69, 9.17) is 0 Å². The molecule has 2 heteroatoms. The van der Waals surface area contributed by atoms with E-state index in [-0.39, 0.29) is 6.04 Å². The molecule has 1 saturated carbocycles. The van der Waals surface area contributed by atoms with E-state index in [0.717, 1.165) is 12.8 Å². The van der Waals surface area contributed by atoms with Crippen LogP contribution in [0.25, 0.3) is 0 Å². The highest BCUT2D eigenvalue weighted by Crippen LogP contribution is 2.29. The molecule has 1 rings (SSSR count). The highest BCUT2D eigenvalue weighted by atomic mass is 16.1. The Morgan fingerprint density at radius 2 is 2.25 bits per heavy atom. The number of nitrogens with zero attached hydrogens (tertiary/aromatic N) is 1. The zero-order valence-electron chi connectivity index (χ0n) is 7.62. The van der Waals surface area contributed by atoms with Gasteiger partial charge >= 0.3 is 0 Å². The van der Waals surface area contributed by atoms with Crippen LogP contribution in [0.1, 0.15) is 39.0 Å². The smallest absolute Gasteiger partial charge is 0.211 e. The van der Waals surface area contributed by atoms with E-state index in [9.17, 15) is 4.79 Å². The van der Waals surface area contributed by atoms with Crippen molar-refractivity contribution in [1.82, 2.24) is 0 Å². The van der Waals surface area contributed by atoms with Crippen molar-refractivity contribution in [2.45, 2.75) is 45.1 Å². The van der Waals surface area contributed by atoms with Crippen molar-refractivity contribution >= 4 is 6.08 Å². The molecule has 0 aromatic rings. The first kappa shape index (κ1) is 9.47. The number of hydrogen-bond donors (Lipinski definition) is 0. The molecule has 0 amide bonds. The van der Waals surface area contributed by atoms with E-state index in [1.807, 2.05) is 0 Å². The van der Waals surface area contributed by atoms with Crippen LogP contribution in [0.4, 0.5) is 0 Å². The topological polar surface area (TPSA) is 29.4 Å². The maximum absolute atomic E-state index is 10.1. The van der Waals surface area contributed by atoms with Crippen LogP contribution in [-0.4, -0.2) is 12.1 Å². The summed E-state index contributed by atoms with van der Waals surface area (Å²) in [4.78, 5) is 14.0. The summed E-state index contributed by atoms with van der Waals surface area (Å²) in [5.74, 6) is 0.533. The lowest BCUT2D eigenvalue weighted by molar-refractivity contribution is 0.339. The molecule has 0 aliphatic heterocycles. The van der Waals surface area contributed by atoms with Crippen molar-refractivity contribution in [2.75, 3.05) is 0 Å². The Bertz CT molecular complexity index is 171. The molecule has 0 N–H and O–H groups in total. The van der Waals surface area contributed by atoms with Crippen molar-refractivity contribution in [3.8, 4) is 0 Å². The summed E-state index contributed by atoms with van der Waals surface area (Å²) in [5, 5.41) is 0. The average Bonchev–Trinajstić information content (AvgIpc) is 2.09. The normalized spacial score (nSPS) is 29.4. The highest BCUT2D eigenvalue weighted by molar-refractivity contribution is 5.33. The predicted molar refractivity (Wildman–Crippen MR) is 48.5 cm³/mol. The van der Waals surface area contributed by atoms with Crippen LogP contribution in [0, 0.1) is 12.3 Å². The van der Waals surface area contributed by atoms with Gasteiger partial charge in [0.05, 0.1) is 6.04 Å². The minimum atomic E-state index is 0.233. The zero-order chi connectivity index (χ0) is 8.81. The summed E-state index contributed by atoms with van der Waals surface area (Å²) in [6, 6.07) is 0.233. The number of aliphatic imine (C=N–C) groups is 1. The van der Waals surface area contributed by atoms with Crippen molar-refractivity contribution in [1.29, 1.82) is 0 Å². The molecule has 1 aliphatic rings. The predicted octanol–water partition coefficient (Wildman–Crippen LogP) is 2.50. The zero-order valence-corrected chi connectivity index (χ0v) is 7.62. The van der Waals surface area contributed by atoms with Gasteiger partial charge in [-0.2, -0.15) is 0 Å². The van der Waals surface area contributed by atoms with E-state index < -0.39 is 0 Å². The van der Waals surface area contributed by atoms with Crippen LogP contribution in [0.2, 0.25) is 0 Å². The number of rotatable bonds is 3. The van der Waals surface area contributed by atoms with Gasteiger partial charge in [0, 0.05) is 0 Å². The Labute approximate surface area is 74.1 Å². The summed E-state index contributed by atoms with van der Waals surface area (Å²) in [6.07, 6.45) is 9.80. The maximum Gasteiger partial charge on any atom is 0.235 e. The van der Waals surface area contributed by atoms with Gasteiger partial charge in [-0.05, 0) is 25.2 Å².